The average molecular weight is 232 g/mol. The number of nitrogens with two attached hydrogens (primary N) is 1. The Hall–Kier alpha value is -1.62. The second-order valence-corrected chi connectivity index (χ2v) is 4.27. The first-order chi connectivity index (χ1) is 7.74. The van der Waals surface area contributed by atoms with Gasteiger partial charge in [-0.2, -0.15) is 0 Å². The minimum atomic E-state index is 0.510. The molecular weight excluding hydrogens is 220 g/mol. The highest BCUT2D eigenvalue weighted by Crippen LogP contribution is 2.19. The summed E-state index contributed by atoms with van der Waals surface area (Å²) in [6.45, 7) is 1.91. The number of aryl methyl sites for hydroxylation is 1. The van der Waals surface area contributed by atoms with E-state index in [1.807, 2.05) is 25.1 Å². The first kappa shape index (κ1) is 10.9. The Labute approximate surface area is 98.3 Å². The van der Waals surface area contributed by atoms with Crippen molar-refractivity contribution in [2.75, 3.05) is 5.73 Å². The van der Waals surface area contributed by atoms with Gasteiger partial charge >= 0.3 is 0 Å². The minimum absolute atomic E-state index is 0.510. The summed E-state index contributed by atoms with van der Waals surface area (Å²) in [6, 6.07) is 7.60. The lowest BCUT2D eigenvalue weighted by Gasteiger charge is -2.02. The third-order valence-electron chi connectivity index (χ3n) is 1.93. The van der Waals surface area contributed by atoms with Crippen LogP contribution in [0.2, 0.25) is 0 Å². The molecule has 0 saturated heterocycles. The van der Waals surface area contributed by atoms with Crippen LogP contribution in [0.5, 0.6) is 0 Å². The largest absolute Gasteiger partial charge is 0.384 e. The molecule has 16 heavy (non-hydrogen) atoms. The molecule has 0 atom stereocenters. The molecule has 2 aromatic rings. The average Bonchev–Trinajstić information content (AvgIpc) is 2.27. The smallest absolute Gasteiger partial charge is 0.190 e. The monoisotopic (exact) mass is 232 g/mol. The maximum Gasteiger partial charge on any atom is 0.190 e. The van der Waals surface area contributed by atoms with E-state index >= 15 is 0 Å². The van der Waals surface area contributed by atoms with Crippen LogP contribution < -0.4 is 5.73 Å². The number of anilines is 1. The van der Waals surface area contributed by atoms with Gasteiger partial charge in [-0.05, 0) is 19.1 Å². The Morgan fingerprint density at radius 3 is 2.88 bits per heavy atom. The fourth-order valence-electron chi connectivity index (χ4n) is 1.25. The molecule has 0 unspecified atom stereocenters. The topological polar surface area (TPSA) is 64.7 Å². The van der Waals surface area contributed by atoms with Crippen LogP contribution in [0.1, 0.15) is 11.4 Å². The number of aromatic nitrogens is 3. The fourth-order valence-corrected chi connectivity index (χ4v) is 2.08. The van der Waals surface area contributed by atoms with Crippen LogP contribution in [-0.4, -0.2) is 15.0 Å². The Bertz CT molecular complexity index is 452. The molecule has 0 bridgehead atoms. The number of hydrogen-bond acceptors (Lipinski definition) is 5. The highest BCUT2D eigenvalue weighted by molar-refractivity contribution is 7.98. The van der Waals surface area contributed by atoms with Gasteiger partial charge in [0.05, 0.1) is 5.69 Å². The van der Waals surface area contributed by atoms with E-state index in [-0.39, 0.29) is 0 Å². The third kappa shape index (κ3) is 2.93. The molecule has 0 fully saturated rings. The van der Waals surface area contributed by atoms with Crippen LogP contribution >= 0.6 is 11.8 Å². The molecular formula is C11H12N4S. The van der Waals surface area contributed by atoms with Gasteiger partial charge in [-0.15, -0.1) is 0 Å². The van der Waals surface area contributed by atoms with Crippen LogP contribution in [0.3, 0.4) is 0 Å². The summed E-state index contributed by atoms with van der Waals surface area (Å²) in [6.07, 6.45) is 1.78. The maximum absolute atomic E-state index is 5.65. The van der Waals surface area contributed by atoms with Crippen molar-refractivity contribution in [2.24, 2.45) is 0 Å². The minimum Gasteiger partial charge on any atom is -0.384 e. The van der Waals surface area contributed by atoms with E-state index in [2.05, 4.69) is 15.0 Å². The van der Waals surface area contributed by atoms with Crippen molar-refractivity contribution in [2.45, 2.75) is 17.8 Å². The highest BCUT2D eigenvalue weighted by Gasteiger charge is 2.01. The number of pyridine rings is 1. The van der Waals surface area contributed by atoms with Gasteiger partial charge in [0.15, 0.2) is 5.16 Å². The van der Waals surface area contributed by atoms with E-state index in [0.717, 1.165) is 17.1 Å². The van der Waals surface area contributed by atoms with Gasteiger partial charge in [0.2, 0.25) is 0 Å². The Balaban J connectivity index is 2.05. The first-order valence-corrected chi connectivity index (χ1v) is 5.86. The molecule has 2 aromatic heterocycles. The summed E-state index contributed by atoms with van der Waals surface area (Å²) in [5, 5.41) is 0.697. The molecule has 4 nitrogen and oxygen atoms in total. The molecule has 0 aromatic carbocycles. The quantitative estimate of drug-likeness (QED) is 0.648. The summed E-state index contributed by atoms with van der Waals surface area (Å²) in [5.41, 5.74) is 7.54. The summed E-state index contributed by atoms with van der Waals surface area (Å²) in [7, 11) is 0. The predicted molar refractivity (Wildman–Crippen MR) is 65.0 cm³/mol. The van der Waals surface area contributed by atoms with Crippen LogP contribution in [-0.2, 0) is 5.75 Å². The highest BCUT2D eigenvalue weighted by atomic mass is 32.2. The Morgan fingerprint density at radius 2 is 2.19 bits per heavy atom. The summed E-state index contributed by atoms with van der Waals surface area (Å²) < 4.78 is 0. The van der Waals surface area contributed by atoms with Gasteiger partial charge in [0.1, 0.15) is 5.82 Å². The maximum atomic E-state index is 5.65. The number of nitrogens with zero attached hydrogens (tertiary/aromatic N) is 3. The van der Waals surface area contributed by atoms with Gasteiger partial charge in [0, 0.05) is 23.7 Å². The van der Waals surface area contributed by atoms with E-state index in [4.69, 9.17) is 5.73 Å². The summed E-state index contributed by atoms with van der Waals surface area (Å²) in [5.74, 6) is 1.26. The zero-order valence-electron chi connectivity index (χ0n) is 8.92. The lowest BCUT2D eigenvalue weighted by atomic mass is 10.4. The molecule has 0 spiro atoms. The Morgan fingerprint density at radius 1 is 1.31 bits per heavy atom. The summed E-state index contributed by atoms with van der Waals surface area (Å²) in [4.78, 5) is 12.7. The number of nitrogen functional groups attached to an aromatic ring is 1. The zero-order chi connectivity index (χ0) is 11.4. The van der Waals surface area contributed by atoms with Gasteiger partial charge < -0.3 is 5.73 Å². The number of thioether (sulfide) groups is 1. The number of rotatable bonds is 3. The lowest BCUT2D eigenvalue weighted by Crippen LogP contribution is -1.97. The van der Waals surface area contributed by atoms with Crippen molar-refractivity contribution in [1.29, 1.82) is 0 Å². The molecule has 0 amide bonds. The van der Waals surface area contributed by atoms with Gasteiger partial charge in [-0.3, -0.25) is 4.98 Å². The van der Waals surface area contributed by atoms with Crippen LogP contribution in [0.25, 0.3) is 0 Å². The van der Waals surface area contributed by atoms with E-state index in [9.17, 15) is 0 Å². The van der Waals surface area contributed by atoms with Crippen LogP contribution in [0, 0.1) is 6.92 Å². The molecule has 0 aliphatic carbocycles. The lowest BCUT2D eigenvalue weighted by molar-refractivity contribution is 0.939. The first-order valence-electron chi connectivity index (χ1n) is 4.88. The van der Waals surface area contributed by atoms with Crippen LogP contribution in [0.15, 0.2) is 35.6 Å². The van der Waals surface area contributed by atoms with E-state index in [1.54, 1.807) is 12.3 Å². The molecule has 0 aliphatic heterocycles. The molecule has 0 saturated carbocycles. The SMILES string of the molecule is Cc1cc(N)nc(SCc2ccccn2)n1. The van der Waals surface area contributed by atoms with Gasteiger partial charge in [0.25, 0.3) is 0 Å². The summed E-state index contributed by atoms with van der Waals surface area (Å²) >= 11 is 1.54. The molecule has 0 radical (unpaired) electrons. The van der Waals surface area contributed by atoms with Gasteiger partial charge in [-0.25, -0.2) is 9.97 Å². The second-order valence-electron chi connectivity index (χ2n) is 3.33. The molecule has 2 heterocycles. The normalized spacial score (nSPS) is 10.3. The number of hydrogen-bond donors (Lipinski definition) is 1. The van der Waals surface area contributed by atoms with E-state index in [1.165, 1.54) is 11.8 Å². The molecule has 82 valence electrons. The molecule has 0 aliphatic rings. The standard InChI is InChI=1S/C11H12N4S/c1-8-6-10(12)15-11(14-8)16-7-9-4-2-3-5-13-9/h2-6H,7H2,1H3,(H2,12,14,15). The van der Waals surface area contributed by atoms with Crippen molar-refractivity contribution in [3.05, 3.63) is 41.9 Å². The van der Waals surface area contributed by atoms with Crippen molar-refractivity contribution in [1.82, 2.24) is 15.0 Å². The van der Waals surface area contributed by atoms with Crippen molar-refractivity contribution >= 4 is 17.6 Å². The Kier molecular flexibility index (Phi) is 3.36. The molecule has 5 heteroatoms. The second kappa shape index (κ2) is 4.94. The van der Waals surface area contributed by atoms with Crippen molar-refractivity contribution < 1.29 is 0 Å². The molecule has 2 N–H and O–H groups in total. The molecule has 2 rings (SSSR count). The van der Waals surface area contributed by atoms with E-state index in [0.29, 0.717) is 11.0 Å². The van der Waals surface area contributed by atoms with Gasteiger partial charge in [-0.1, -0.05) is 17.8 Å². The van der Waals surface area contributed by atoms with Crippen molar-refractivity contribution in [3.63, 3.8) is 0 Å². The zero-order valence-corrected chi connectivity index (χ0v) is 9.74. The third-order valence-corrected chi connectivity index (χ3v) is 2.81. The van der Waals surface area contributed by atoms with Crippen LogP contribution in [0.4, 0.5) is 5.82 Å². The van der Waals surface area contributed by atoms with Crippen molar-refractivity contribution in [3.8, 4) is 0 Å². The fraction of sp³-hybridized carbons (Fsp3) is 0.182. The predicted octanol–water partition coefficient (Wildman–Crippen LogP) is 2.05. The van der Waals surface area contributed by atoms with E-state index < -0.39 is 0 Å².